The van der Waals surface area contributed by atoms with Gasteiger partial charge in [-0.1, -0.05) is 24.3 Å². The quantitative estimate of drug-likeness (QED) is 0.789. The van der Waals surface area contributed by atoms with E-state index in [4.69, 9.17) is 5.11 Å². The van der Waals surface area contributed by atoms with E-state index in [0.717, 1.165) is 17.7 Å². The summed E-state index contributed by atoms with van der Waals surface area (Å²) in [4.78, 5) is 10.8. The maximum atomic E-state index is 10.8. The van der Waals surface area contributed by atoms with E-state index >= 15 is 0 Å². The molecule has 3 heteroatoms. The van der Waals surface area contributed by atoms with Crippen LogP contribution in [0.1, 0.15) is 21.5 Å². The molecule has 0 aliphatic rings. The van der Waals surface area contributed by atoms with Gasteiger partial charge in [0, 0.05) is 6.54 Å². The van der Waals surface area contributed by atoms with E-state index in [-0.39, 0.29) is 0 Å². The van der Waals surface area contributed by atoms with E-state index in [1.54, 1.807) is 13.0 Å². The minimum atomic E-state index is -0.877. The Bertz CT molecular complexity index is 383. The highest BCUT2D eigenvalue weighted by Crippen LogP contribution is 2.12. The van der Waals surface area contributed by atoms with Gasteiger partial charge >= 0.3 is 5.97 Å². The highest BCUT2D eigenvalue weighted by Gasteiger charge is 2.05. The fraction of sp³-hybridized carbons (Fsp3) is 0.250. The van der Waals surface area contributed by atoms with Crippen LogP contribution < -0.4 is 5.32 Å². The molecule has 0 heterocycles. The van der Waals surface area contributed by atoms with Crippen molar-refractivity contribution in [3.8, 4) is 0 Å². The van der Waals surface area contributed by atoms with Crippen molar-refractivity contribution < 1.29 is 9.90 Å². The van der Waals surface area contributed by atoms with E-state index in [2.05, 4.69) is 5.32 Å². The highest BCUT2D eigenvalue weighted by atomic mass is 16.4. The first kappa shape index (κ1) is 11.5. The normalized spacial score (nSPS) is 10.8. The average Bonchev–Trinajstić information content (AvgIpc) is 2.17. The number of likely N-dealkylation sites (N-methyl/N-ethyl adjacent to an activating group) is 1. The van der Waals surface area contributed by atoms with Crippen molar-refractivity contribution in [2.45, 2.75) is 6.92 Å². The van der Waals surface area contributed by atoms with Crippen LogP contribution in [0.4, 0.5) is 0 Å². The van der Waals surface area contributed by atoms with Crippen LogP contribution in [0.2, 0.25) is 0 Å². The summed E-state index contributed by atoms with van der Waals surface area (Å²) in [6, 6.07) is 5.31. The van der Waals surface area contributed by atoms with Gasteiger partial charge in [0.2, 0.25) is 0 Å². The van der Waals surface area contributed by atoms with E-state index in [9.17, 15) is 4.79 Å². The number of hydrogen-bond donors (Lipinski definition) is 2. The van der Waals surface area contributed by atoms with Gasteiger partial charge in [0.05, 0.1) is 5.56 Å². The lowest BCUT2D eigenvalue weighted by molar-refractivity contribution is 0.0696. The highest BCUT2D eigenvalue weighted by molar-refractivity contribution is 5.89. The second kappa shape index (κ2) is 5.32. The molecule has 1 aromatic rings. The van der Waals surface area contributed by atoms with Crippen molar-refractivity contribution in [3.05, 3.63) is 41.0 Å². The zero-order chi connectivity index (χ0) is 11.3. The van der Waals surface area contributed by atoms with Crippen LogP contribution in [-0.2, 0) is 0 Å². The molecular weight excluding hydrogens is 190 g/mol. The monoisotopic (exact) mass is 205 g/mol. The van der Waals surface area contributed by atoms with Gasteiger partial charge in [-0.2, -0.15) is 0 Å². The number of aromatic carboxylic acids is 1. The molecule has 0 aliphatic carbocycles. The predicted octanol–water partition coefficient (Wildman–Crippen LogP) is 1.93. The van der Waals surface area contributed by atoms with E-state index in [1.165, 1.54) is 0 Å². The Hall–Kier alpha value is -1.61. The molecule has 0 fully saturated rings. The molecule has 1 rings (SSSR count). The molecule has 0 radical (unpaired) electrons. The molecule has 0 saturated heterocycles. The Morgan fingerprint density at radius 3 is 2.80 bits per heavy atom. The first-order valence-electron chi connectivity index (χ1n) is 4.80. The Morgan fingerprint density at radius 1 is 1.53 bits per heavy atom. The topological polar surface area (TPSA) is 49.3 Å². The summed E-state index contributed by atoms with van der Waals surface area (Å²) in [5.74, 6) is -0.877. The number of nitrogens with one attached hydrogen (secondary N) is 1. The zero-order valence-electron chi connectivity index (χ0n) is 8.95. The summed E-state index contributed by atoms with van der Waals surface area (Å²) in [7, 11) is 1.88. The van der Waals surface area contributed by atoms with Crippen LogP contribution >= 0.6 is 0 Å². The first-order valence-corrected chi connectivity index (χ1v) is 4.80. The lowest BCUT2D eigenvalue weighted by Crippen LogP contribution is -2.03. The maximum Gasteiger partial charge on any atom is 0.335 e. The van der Waals surface area contributed by atoms with Gasteiger partial charge in [0.1, 0.15) is 0 Å². The predicted molar refractivity (Wildman–Crippen MR) is 61.1 cm³/mol. The summed E-state index contributed by atoms with van der Waals surface area (Å²) in [6.45, 7) is 2.61. The van der Waals surface area contributed by atoms with Gasteiger partial charge in [0.25, 0.3) is 0 Å². The molecule has 3 nitrogen and oxygen atoms in total. The van der Waals surface area contributed by atoms with Crippen molar-refractivity contribution in [1.82, 2.24) is 5.32 Å². The van der Waals surface area contributed by atoms with Crippen LogP contribution in [-0.4, -0.2) is 24.7 Å². The summed E-state index contributed by atoms with van der Waals surface area (Å²) in [6.07, 6.45) is 3.96. The van der Waals surface area contributed by atoms with Crippen LogP contribution in [0.25, 0.3) is 6.08 Å². The zero-order valence-corrected chi connectivity index (χ0v) is 8.95. The number of carboxylic acids is 1. The molecule has 0 aliphatic heterocycles. The molecule has 0 bridgehead atoms. The van der Waals surface area contributed by atoms with Crippen molar-refractivity contribution >= 4 is 12.0 Å². The van der Waals surface area contributed by atoms with Gasteiger partial charge in [0.15, 0.2) is 0 Å². The van der Waals surface area contributed by atoms with Crippen molar-refractivity contribution in [1.29, 1.82) is 0 Å². The van der Waals surface area contributed by atoms with Crippen LogP contribution in [0.15, 0.2) is 24.3 Å². The number of benzene rings is 1. The fourth-order valence-corrected chi connectivity index (χ4v) is 1.34. The van der Waals surface area contributed by atoms with Gasteiger partial charge in [-0.15, -0.1) is 0 Å². The number of aryl methyl sites for hydroxylation is 1. The lowest BCUT2D eigenvalue weighted by Gasteiger charge is -2.01. The van der Waals surface area contributed by atoms with Crippen LogP contribution in [0.5, 0.6) is 0 Å². The minimum Gasteiger partial charge on any atom is -0.478 e. The van der Waals surface area contributed by atoms with Gasteiger partial charge in [-0.25, -0.2) is 4.79 Å². The molecule has 0 aromatic heterocycles. The summed E-state index contributed by atoms with van der Waals surface area (Å²) >= 11 is 0. The van der Waals surface area contributed by atoms with Gasteiger partial charge < -0.3 is 10.4 Å². The minimum absolute atomic E-state index is 0.362. The average molecular weight is 205 g/mol. The van der Waals surface area contributed by atoms with Crippen molar-refractivity contribution in [3.63, 3.8) is 0 Å². The Morgan fingerprint density at radius 2 is 2.27 bits per heavy atom. The Balaban J connectivity index is 2.87. The fourth-order valence-electron chi connectivity index (χ4n) is 1.34. The number of carbonyl (C=O) groups is 1. The number of carboxylic acid groups (broad SMARTS) is 1. The van der Waals surface area contributed by atoms with Crippen LogP contribution in [0, 0.1) is 6.92 Å². The summed E-state index contributed by atoms with van der Waals surface area (Å²) in [5.41, 5.74) is 2.17. The molecule has 0 saturated carbocycles. The smallest absolute Gasteiger partial charge is 0.335 e. The van der Waals surface area contributed by atoms with Crippen LogP contribution in [0.3, 0.4) is 0 Å². The third-order valence-electron chi connectivity index (χ3n) is 2.11. The van der Waals surface area contributed by atoms with E-state index < -0.39 is 5.97 Å². The molecule has 15 heavy (non-hydrogen) atoms. The third-order valence-corrected chi connectivity index (χ3v) is 2.11. The Labute approximate surface area is 89.4 Å². The number of hydrogen-bond acceptors (Lipinski definition) is 2. The Kier molecular flexibility index (Phi) is 4.06. The van der Waals surface area contributed by atoms with Crippen molar-refractivity contribution in [2.75, 3.05) is 13.6 Å². The SMILES string of the molecule is CNCC=Cc1ccc(C(=O)O)c(C)c1. The first-order chi connectivity index (χ1) is 7.15. The maximum absolute atomic E-state index is 10.8. The second-order valence-corrected chi connectivity index (χ2v) is 3.34. The molecule has 2 N–H and O–H groups in total. The molecule has 0 amide bonds. The van der Waals surface area contributed by atoms with Gasteiger partial charge in [-0.05, 0) is 31.2 Å². The lowest BCUT2D eigenvalue weighted by atomic mass is 10.1. The van der Waals surface area contributed by atoms with E-state index in [0.29, 0.717) is 5.56 Å². The largest absolute Gasteiger partial charge is 0.478 e. The third kappa shape index (κ3) is 3.22. The van der Waals surface area contributed by atoms with Gasteiger partial charge in [-0.3, -0.25) is 0 Å². The molecule has 1 aromatic carbocycles. The molecule has 0 atom stereocenters. The molecular formula is C12H15NO2. The number of rotatable bonds is 4. The molecule has 80 valence electrons. The summed E-state index contributed by atoms with van der Waals surface area (Å²) < 4.78 is 0. The standard InChI is InChI=1S/C12H15NO2/c1-9-8-10(4-3-7-13-2)5-6-11(9)12(14)15/h3-6,8,13H,7H2,1-2H3,(H,14,15). The summed E-state index contributed by atoms with van der Waals surface area (Å²) in [5, 5.41) is 11.8. The molecule has 0 unspecified atom stereocenters. The van der Waals surface area contributed by atoms with Crippen molar-refractivity contribution in [2.24, 2.45) is 0 Å². The molecule has 0 spiro atoms. The second-order valence-electron chi connectivity index (χ2n) is 3.34. The van der Waals surface area contributed by atoms with E-state index in [1.807, 2.05) is 31.3 Å².